The Morgan fingerprint density at radius 2 is 1.74 bits per heavy atom. The second kappa shape index (κ2) is 10.6. The minimum absolute atomic E-state index is 0.238. The number of morpholine rings is 1. The van der Waals surface area contributed by atoms with Crippen molar-refractivity contribution in [3.05, 3.63) is 66.6 Å². The van der Waals surface area contributed by atoms with E-state index in [9.17, 15) is 4.79 Å². The van der Waals surface area contributed by atoms with Crippen molar-refractivity contribution >= 4 is 23.0 Å². The lowest BCUT2D eigenvalue weighted by Crippen LogP contribution is -2.37. The van der Waals surface area contributed by atoms with Crippen LogP contribution < -0.4 is 4.90 Å². The monoisotopic (exact) mass is 524 g/mol. The molecule has 0 amide bonds. The van der Waals surface area contributed by atoms with Crippen LogP contribution in [0.15, 0.2) is 60.9 Å². The van der Waals surface area contributed by atoms with Crippen molar-refractivity contribution in [1.29, 1.82) is 0 Å². The van der Waals surface area contributed by atoms with E-state index >= 15 is 0 Å². The minimum Gasteiger partial charge on any atom is -0.461 e. The highest BCUT2D eigenvalue weighted by molar-refractivity contribution is 5.91. The summed E-state index contributed by atoms with van der Waals surface area (Å²) in [6.07, 6.45) is 3.49. The molecule has 1 aromatic carbocycles. The van der Waals surface area contributed by atoms with Crippen LogP contribution in [0.4, 0.5) is 5.82 Å². The highest BCUT2D eigenvalue weighted by atomic mass is 16.5. The Balaban J connectivity index is 1.60. The Kier molecular flexibility index (Phi) is 6.72. The molecule has 0 N–H and O–H groups in total. The Bertz CT molecular complexity index is 1610. The van der Waals surface area contributed by atoms with E-state index in [2.05, 4.69) is 9.88 Å². The average Bonchev–Trinajstić information content (AvgIpc) is 3.61. The number of esters is 1. The van der Waals surface area contributed by atoms with Gasteiger partial charge in [-0.2, -0.15) is 19.7 Å². The molecule has 1 aliphatic rings. The van der Waals surface area contributed by atoms with Gasteiger partial charge in [0.2, 0.25) is 0 Å². The molecule has 5 aromatic rings. The van der Waals surface area contributed by atoms with Gasteiger partial charge in [0.05, 0.1) is 25.5 Å². The molecule has 4 aromatic heterocycles. The number of carbonyl (C=O) groups is 1. The normalized spacial score (nSPS) is 13.6. The zero-order valence-corrected chi connectivity index (χ0v) is 21.8. The predicted octanol–water partition coefficient (Wildman–Crippen LogP) is 3.77. The minimum atomic E-state index is -0.495. The molecule has 0 aliphatic carbocycles. The maximum atomic E-state index is 13.1. The van der Waals surface area contributed by atoms with Crippen LogP contribution in [-0.4, -0.2) is 73.2 Å². The summed E-state index contributed by atoms with van der Waals surface area (Å²) in [5.41, 5.74) is 4.01. The third-order valence-electron chi connectivity index (χ3n) is 6.58. The van der Waals surface area contributed by atoms with E-state index in [1.165, 1.54) is 4.68 Å². The largest absolute Gasteiger partial charge is 0.461 e. The van der Waals surface area contributed by atoms with Gasteiger partial charge < -0.3 is 18.9 Å². The number of anilines is 1. The van der Waals surface area contributed by atoms with Gasteiger partial charge in [0.15, 0.2) is 22.7 Å². The van der Waals surface area contributed by atoms with Gasteiger partial charge in [0.25, 0.3) is 5.95 Å². The Hall–Kier alpha value is -4.64. The SMILES string of the molecule is CCOC(=O)c1cc(-c2ccccc2)nn1-c1nc(N2CCOCC2)c2nc(-c3ccncc3)n(CC)c2n1. The number of hydrogen-bond acceptors (Lipinski definition) is 9. The number of aromatic nitrogens is 7. The van der Waals surface area contributed by atoms with Gasteiger partial charge in [-0.1, -0.05) is 30.3 Å². The van der Waals surface area contributed by atoms with E-state index in [0.717, 1.165) is 17.0 Å². The van der Waals surface area contributed by atoms with Crippen molar-refractivity contribution in [1.82, 2.24) is 34.3 Å². The first-order valence-electron chi connectivity index (χ1n) is 13.0. The molecular formula is C28H28N8O3. The topological polar surface area (TPSA) is 113 Å². The van der Waals surface area contributed by atoms with Crippen LogP contribution in [0.3, 0.4) is 0 Å². The molecule has 11 heteroatoms. The molecule has 1 fully saturated rings. The molecular weight excluding hydrogens is 496 g/mol. The van der Waals surface area contributed by atoms with Crippen molar-refractivity contribution in [2.75, 3.05) is 37.8 Å². The lowest BCUT2D eigenvalue weighted by atomic mass is 10.1. The number of aryl methyl sites for hydroxylation is 1. The fraction of sp³-hybridized carbons (Fsp3) is 0.286. The molecule has 5 heterocycles. The fourth-order valence-corrected chi connectivity index (χ4v) is 4.72. The fourth-order valence-electron chi connectivity index (χ4n) is 4.72. The summed E-state index contributed by atoms with van der Waals surface area (Å²) in [5, 5.41) is 4.78. The smallest absolute Gasteiger partial charge is 0.357 e. The van der Waals surface area contributed by atoms with Gasteiger partial charge in [0.1, 0.15) is 5.82 Å². The van der Waals surface area contributed by atoms with E-state index in [1.807, 2.05) is 54.0 Å². The van der Waals surface area contributed by atoms with Crippen LogP contribution in [0.25, 0.3) is 39.8 Å². The van der Waals surface area contributed by atoms with E-state index < -0.39 is 5.97 Å². The van der Waals surface area contributed by atoms with Gasteiger partial charge >= 0.3 is 5.97 Å². The van der Waals surface area contributed by atoms with Crippen LogP contribution in [0.1, 0.15) is 24.3 Å². The second-order valence-electron chi connectivity index (χ2n) is 8.95. The number of ether oxygens (including phenoxy) is 2. The molecule has 6 rings (SSSR count). The lowest BCUT2D eigenvalue weighted by molar-refractivity contribution is 0.0515. The molecule has 0 radical (unpaired) electrons. The molecule has 11 nitrogen and oxygen atoms in total. The van der Waals surface area contributed by atoms with Gasteiger partial charge in [-0.25, -0.2) is 9.78 Å². The summed E-state index contributed by atoms with van der Waals surface area (Å²) in [6, 6.07) is 15.2. The number of hydrogen-bond donors (Lipinski definition) is 0. The van der Waals surface area contributed by atoms with Crippen LogP contribution >= 0.6 is 0 Å². The van der Waals surface area contributed by atoms with Gasteiger partial charge in [-0.15, -0.1) is 0 Å². The maximum absolute atomic E-state index is 13.1. The predicted molar refractivity (Wildman–Crippen MR) is 146 cm³/mol. The Morgan fingerprint density at radius 1 is 0.974 bits per heavy atom. The summed E-state index contributed by atoms with van der Waals surface area (Å²) < 4.78 is 14.5. The standard InChI is InChI=1S/C28H28N8O3/c1-3-35-24(20-10-12-29-13-11-20)30-23-25(34-14-16-38-17-15-34)31-28(32-26(23)35)36-22(27(37)39-4-2)18-21(33-36)19-8-6-5-7-9-19/h5-13,18H,3-4,14-17H2,1-2H3. The van der Waals surface area contributed by atoms with Crippen LogP contribution in [0.2, 0.25) is 0 Å². The molecule has 1 saturated heterocycles. The van der Waals surface area contributed by atoms with Crippen LogP contribution in [0.5, 0.6) is 0 Å². The second-order valence-corrected chi connectivity index (χ2v) is 8.95. The Labute approximate surface area is 225 Å². The third-order valence-corrected chi connectivity index (χ3v) is 6.58. The molecule has 1 aliphatic heterocycles. The zero-order chi connectivity index (χ0) is 26.8. The molecule has 0 spiro atoms. The molecule has 0 saturated carbocycles. The first kappa shape index (κ1) is 24.7. The third kappa shape index (κ3) is 4.61. The molecule has 0 atom stereocenters. The zero-order valence-electron chi connectivity index (χ0n) is 21.8. The summed E-state index contributed by atoms with van der Waals surface area (Å²) in [5.74, 6) is 1.22. The van der Waals surface area contributed by atoms with E-state index in [1.54, 1.807) is 25.4 Å². The molecule has 39 heavy (non-hydrogen) atoms. The number of benzene rings is 1. The van der Waals surface area contributed by atoms with Gasteiger partial charge in [-0.05, 0) is 32.0 Å². The first-order chi connectivity index (χ1) is 19.2. The van der Waals surface area contributed by atoms with Crippen molar-refractivity contribution in [3.8, 4) is 28.6 Å². The number of fused-ring (bicyclic) bond motifs is 1. The summed E-state index contributed by atoms with van der Waals surface area (Å²) >= 11 is 0. The highest BCUT2D eigenvalue weighted by Gasteiger charge is 2.26. The Morgan fingerprint density at radius 3 is 2.46 bits per heavy atom. The highest BCUT2D eigenvalue weighted by Crippen LogP contribution is 2.31. The van der Waals surface area contributed by atoms with E-state index in [-0.39, 0.29) is 18.2 Å². The van der Waals surface area contributed by atoms with Crippen LogP contribution in [-0.2, 0) is 16.0 Å². The lowest BCUT2D eigenvalue weighted by Gasteiger charge is -2.28. The van der Waals surface area contributed by atoms with E-state index in [0.29, 0.717) is 55.5 Å². The summed E-state index contributed by atoms with van der Waals surface area (Å²) in [4.78, 5) is 34.3. The van der Waals surface area contributed by atoms with E-state index in [4.69, 9.17) is 29.5 Å². The van der Waals surface area contributed by atoms with Gasteiger partial charge in [-0.3, -0.25) is 4.98 Å². The molecule has 0 bridgehead atoms. The first-order valence-corrected chi connectivity index (χ1v) is 13.0. The summed E-state index contributed by atoms with van der Waals surface area (Å²) in [7, 11) is 0. The average molecular weight is 525 g/mol. The molecule has 198 valence electrons. The van der Waals surface area contributed by atoms with Gasteiger partial charge in [0, 0.05) is 43.2 Å². The quantitative estimate of drug-likeness (QED) is 0.294. The van der Waals surface area contributed by atoms with Crippen molar-refractivity contribution in [2.45, 2.75) is 20.4 Å². The summed E-state index contributed by atoms with van der Waals surface area (Å²) in [6.45, 7) is 7.18. The number of nitrogens with zero attached hydrogens (tertiary/aromatic N) is 8. The number of carbonyl (C=O) groups excluding carboxylic acids is 1. The van der Waals surface area contributed by atoms with Crippen molar-refractivity contribution < 1.29 is 14.3 Å². The van der Waals surface area contributed by atoms with Crippen molar-refractivity contribution in [3.63, 3.8) is 0 Å². The molecule has 0 unspecified atom stereocenters. The number of imidazole rings is 1. The van der Waals surface area contributed by atoms with Crippen molar-refractivity contribution in [2.24, 2.45) is 0 Å². The number of rotatable bonds is 7. The number of pyridine rings is 1. The maximum Gasteiger partial charge on any atom is 0.357 e. The van der Waals surface area contributed by atoms with Crippen LogP contribution in [0, 0.1) is 0 Å².